The first kappa shape index (κ1) is 13.7. The number of aliphatic hydroxyl groups excluding tert-OH is 1. The Kier molecular flexibility index (Phi) is 4.30. The van der Waals surface area contributed by atoms with E-state index in [1.165, 1.54) is 5.56 Å². The van der Waals surface area contributed by atoms with Crippen LogP contribution in [0.1, 0.15) is 24.1 Å². The predicted octanol–water partition coefficient (Wildman–Crippen LogP) is 2.86. The summed E-state index contributed by atoms with van der Waals surface area (Å²) in [6.45, 7) is 2.23. The Morgan fingerprint density at radius 3 is 2.42 bits per heavy atom. The van der Waals surface area contributed by atoms with Crippen molar-refractivity contribution < 1.29 is 5.11 Å². The minimum absolute atomic E-state index is 0.0469. The molecule has 19 heavy (non-hydrogen) atoms. The average Bonchev–Trinajstić information content (AvgIpc) is 2.46. The van der Waals surface area contributed by atoms with Gasteiger partial charge in [0, 0.05) is 17.8 Å². The van der Waals surface area contributed by atoms with Crippen LogP contribution in [-0.2, 0) is 6.61 Å². The molecule has 0 saturated carbocycles. The summed E-state index contributed by atoms with van der Waals surface area (Å²) < 4.78 is 0. The lowest BCUT2D eigenvalue weighted by atomic mass is 10.0. The standard InChI is InChI=1S/C16H20N2O/c1-12(18(2)3)14-4-6-15(7-5-14)16-10-13(11-19)8-9-17-16/h4-10,12,19H,11H2,1-3H3/t12-/m1/s1. The molecule has 3 heteroatoms. The van der Waals surface area contributed by atoms with Crippen LogP contribution in [0.2, 0.25) is 0 Å². The Balaban J connectivity index is 2.27. The summed E-state index contributed by atoms with van der Waals surface area (Å²) >= 11 is 0. The highest BCUT2D eigenvalue weighted by atomic mass is 16.3. The van der Waals surface area contributed by atoms with Gasteiger partial charge in [-0.05, 0) is 44.3 Å². The molecule has 100 valence electrons. The molecule has 1 heterocycles. The topological polar surface area (TPSA) is 36.4 Å². The molecule has 0 saturated heterocycles. The average molecular weight is 256 g/mol. The van der Waals surface area contributed by atoms with Gasteiger partial charge in [-0.3, -0.25) is 4.98 Å². The van der Waals surface area contributed by atoms with Gasteiger partial charge in [-0.1, -0.05) is 24.3 Å². The third-order valence-corrected chi connectivity index (χ3v) is 3.47. The summed E-state index contributed by atoms with van der Waals surface area (Å²) in [5.41, 5.74) is 4.14. The Hall–Kier alpha value is -1.71. The number of aliphatic hydroxyl groups is 1. The highest BCUT2D eigenvalue weighted by Crippen LogP contribution is 2.22. The smallest absolute Gasteiger partial charge is 0.0705 e. The monoisotopic (exact) mass is 256 g/mol. The van der Waals surface area contributed by atoms with E-state index in [0.717, 1.165) is 16.8 Å². The van der Waals surface area contributed by atoms with E-state index in [0.29, 0.717) is 6.04 Å². The highest BCUT2D eigenvalue weighted by molar-refractivity contribution is 5.60. The molecular formula is C16H20N2O. The molecule has 0 unspecified atom stereocenters. The van der Waals surface area contributed by atoms with Crippen molar-refractivity contribution >= 4 is 0 Å². The van der Waals surface area contributed by atoms with Crippen LogP contribution in [0.15, 0.2) is 42.6 Å². The van der Waals surface area contributed by atoms with Gasteiger partial charge in [0.25, 0.3) is 0 Å². The second-order valence-corrected chi connectivity index (χ2v) is 4.97. The van der Waals surface area contributed by atoms with Crippen LogP contribution in [-0.4, -0.2) is 29.1 Å². The molecule has 0 fully saturated rings. The number of nitrogens with zero attached hydrogens (tertiary/aromatic N) is 2. The molecule has 0 aliphatic rings. The summed E-state index contributed by atoms with van der Waals surface area (Å²) in [5, 5.41) is 9.15. The molecule has 0 amide bonds. The van der Waals surface area contributed by atoms with Crippen molar-refractivity contribution in [3.8, 4) is 11.3 Å². The van der Waals surface area contributed by atoms with Crippen LogP contribution in [0.5, 0.6) is 0 Å². The van der Waals surface area contributed by atoms with Gasteiger partial charge in [-0.15, -0.1) is 0 Å². The first-order valence-electron chi connectivity index (χ1n) is 6.44. The largest absolute Gasteiger partial charge is 0.392 e. The fraction of sp³-hybridized carbons (Fsp3) is 0.312. The third kappa shape index (κ3) is 3.19. The van der Waals surface area contributed by atoms with Crippen molar-refractivity contribution in [2.24, 2.45) is 0 Å². The molecule has 0 aliphatic carbocycles. The van der Waals surface area contributed by atoms with E-state index in [4.69, 9.17) is 5.11 Å². The van der Waals surface area contributed by atoms with E-state index in [-0.39, 0.29) is 6.61 Å². The van der Waals surface area contributed by atoms with E-state index in [1.807, 2.05) is 12.1 Å². The van der Waals surface area contributed by atoms with Gasteiger partial charge in [0.2, 0.25) is 0 Å². The minimum atomic E-state index is 0.0469. The quantitative estimate of drug-likeness (QED) is 0.913. The Labute approximate surface area is 114 Å². The SMILES string of the molecule is C[C@H](c1ccc(-c2cc(CO)ccn2)cc1)N(C)C. The number of hydrogen-bond acceptors (Lipinski definition) is 3. The summed E-state index contributed by atoms with van der Waals surface area (Å²) in [4.78, 5) is 6.53. The Morgan fingerprint density at radius 1 is 1.16 bits per heavy atom. The maximum Gasteiger partial charge on any atom is 0.0705 e. The summed E-state index contributed by atoms with van der Waals surface area (Å²) in [5.74, 6) is 0. The van der Waals surface area contributed by atoms with Gasteiger partial charge in [0.1, 0.15) is 0 Å². The lowest BCUT2D eigenvalue weighted by Gasteiger charge is -2.20. The lowest BCUT2D eigenvalue weighted by Crippen LogP contribution is -2.16. The Bertz CT molecular complexity index is 535. The van der Waals surface area contributed by atoms with Crippen molar-refractivity contribution in [3.63, 3.8) is 0 Å². The second-order valence-electron chi connectivity index (χ2n) is 4.97. The minimum Gasteiger partial charge on any atom is -0.392 e. The van der Waals surface area contributed by atoms with Crippen LogP contribution < -0.4 is 0 Å². The number of pyridine rings is 1. The molecule has 1 aromatic heterocycles. The fourth-order valence-corrected chi connectivity index (χ4v) is 1.96. The highest BCUT2D eigenvalue weighted by Gasteiger charge is 2.08. The maximum absolute atomic E-state index is 9.15. The van der Waals surface area contributed by atoms with Gasteiger partial charge >= 0.3 is 0 Å². The second kappa shape index (κ2) is 5.95. The summed E-state index contributed by atoms with van der Waals surface area (Å²) in [6.07, 6.45) is 1.73. The zero-order valence-corrected chi connectivity index (χ0v) is 11.7. The van der Waals surface area contributed by atoms with Crippen molar-refractivity contribution in [2.45, 2.75) is 19.6 Å². The van der Waals surface area contributed by atoms with E-state index < -0.39 is 0 Å². The van der Waals surface area contributed by atoms with E-state index >= 15 is 0 Å². The van der Waals surface area contributed by atoms with Gasteiger partial charge in [0.15, 0.2) is 0 Å². The first-order chi connectivity index (χ1) is 9.11. The summed E-state index contributed by atoms with van der Waals surface area (Å²) in [6, 6.07) is 12.6. The molecule has 0 radical (unpaired) electrons. The third-order valence-electron chi connectivity index (χ3n) is 3.47. The number of aromatic nitrogens is 1. The maximum atomic E-state index is 9.15. The van der Waals surface area contributed by atoms with Crippen molar-refractivity contribution in [2.75, 3.05) is 14.1 Å². The first-order valence-corrected chi connectivity index (χ1v) is 6.44. The van der Waals surface area contributed by atoms with Crippen LogP contribution in [0.3, 0.4) is 0 Å². The Morgan fingerprint density at radius 2 is 1.84 bits per heavy atom. The number of rotatable bonds is 4. The molecule has 0 spiro atoms. The molecule has 1 aromatic carbocycles. The van der Waals surface area contributed by atoms with E-state index in [2.05, 4.69) is 55.2 Å². The molecule has 2 aromatic rings. The van der Waals surface area contributed by atoms with Crippen LogP contribution in [0.4, 0.5) is 0 Å². The molecule has 2 rings (SSSR count). The van der Waals surface area contributed by atoms with Gasteiger partial charge in [-0.2, -0.15) is 0 Å². The molecular weight excluding hydrogens is 236 g/mol. The molecule has 3 nitrogen and oxygen atoms in total. The molecule has 0 aliphatic heterocycles. The van der Waals surface area contributed by atoms with Crippen LogP contribution in [0, 0.1) is 0 Å². The van der Waals surface area contributed by atoms with E-state index in [9.17, 15) is 0 Å². The zero-order valence-electron chi connectivity index (χ0n) is 11.7. The lowest BCUT2D eigenvalue weighted by molar-refractivity contribution is 0.282. The van der Waals surface area contributed by atoms with Gasteiger partial charge in [-0.25, -0.2) is 0 Å². The van der Waals surface area contributed by atoms with Crippen LogP contribution in [0.25, 0.3) is 11.3 Å². The van der Waals surface area contributed by atoms with Crippen molar-refractivity contribution in [1.82, 2.24) is 9.88 Å². The van der Waals surface area contributed by atoms with Gasteiger partial charge in [0.05, 0.1) is 12.3 Å². The normalized spacial score (nSPS) is 12.7. The van der Waals surface area contributed by atoms with E-state index in [1.54, 1.807) is 6.20 Å². The number of benzene rings is 1. The predicted molar refractivity (Wildman–Crippen MR) is 77.7 cm³/mol. The zero-order chi connectivity index (χ0) is 13.8. The fourth-order valence-electron chi connectivity index (χ4n) is 1.96. The summed E-state index contributed by atoms with van der Waals surface area (Å²) in [7, 11) is 4.15. The van der Waals surface area contributed by atoms with Crippen LogP contribution >= 0.6 is 0 Å². The molecule has 0 bridgehead atoms. The number of hydrogen-bond donors (Lipinski definition) is 1. The van der Waals surface area contributed by atoms with Crippen molar-refractivity contribution in [1.29, 1.82) is 0 Å². The molecule has 1 N–H and O–H groups in total. The molecule has 1 atom stereocenters. The van der Waals surface area contributed by atoms with Gasteiger partial charge < -0.3 is 10.0 Å². The van der Waals surface area contributed by atoms with Crippen molar-refractivity contribution in [3.05, 3.63) is 53.7 Å².